The van der Waals surface area contributed by atoms with Gasteiger partial charge in [0.05, 0.1) is 18.6 Å². The normalized spacial score (nSPS) is 39.7. The number of thioether (sulfide) groups is 1. The van der Waals surface area contributed by atoms with Gasteiger partial charge < -0.3 is 19.7 Å². The maximum Gasteiger partial charge on any atom is 0.115 e. The second-order valence-corrected chi connectivity index (χ2v) is 3.90. The number of ether oxygens (including phenoxy) is 2. The molecule has 0 spiro atoms. The maximum absolute atomic E-state index is 9.62. The van der Waals surface area contributed by atoms with Crippen molar-refractivity contribution in [2.45, 2.75) is 31.3 Å². The van der Waals surface area contributed by atoms with Gasteiger partial charge >= 0.3 is 0 Å². The molecule has 78 valence electrons. The second kappa shape index (κ2) is 5.17. The van der Waals surface area contributed by atoms with Crippen molar-refractivity contribution in [2.24, 2.45) is 0 Å². The van der Waals surface area contributed by atoms with Crippen LogP contribution in [0.15, 0.2) is 0 Å². The van der Waals surface area contributed by atoms with Crippen LogP contribution in [0.2, 0.25) is 0 Å². The van der Waals surface area contributed by atoms with Gasteiger partial charge in [-0.1, -0.05) is 0 Å². The predicted octanol–water partition coefficient (Wildman–Crippen LogP) is -0.167. The number of rotatable bonds is 4. The molecule has 13 heavy (non-hydrogen) atoms. The first-order chi connectivity index (χ1) is 6.20. The second-order valence-electron chi connectivity index (χ2n) is 3.09. The van der Waals surface area contributed by atoms with E-state index in [1.165, 1.54) is 11.8 Å². The van der Waals surface area contributed by atoms with E-state index in [-0.39, 0.29) is 12.7 Å². The van der Waals surface area contributed by atoms with E-state index in [2.05, 4.69) is 0 Å². The summed E-state index contributed by atoms with van der Waals surface area (Å²) >= 11 is 1.53. The summed E-state index contributed by atoms with van der Waals surface area (Å²) in [5.41, 5.74) is 0. The Hall–Kier alpha value is 0.190. The lowest BCUT2D eigenvalue weighted by Gasteiger charge is -2.18. The van der Waals surface area contributed by atoms with Gasteiger partial charge in [-0.2, -0.15) is 0 Å². The summed E-state index contributed by atoms with van der Waals surface area (Å²) in [5, 5.41) is 18.6. The molecular weight excluding hydrogens is 192 g/mol. The lowest BCUT2D eigenvalue weighted by atomic mass is 10.1. The van der Waals surface area contributed by atoms with Gasteiger partial charge in [-0.15, -0.1) is 11.8 Å². The van der Waals surface area contributed by atoms with Crippen molar-refractivity contribution in [3.63, 3.8) is 0 Å². The molecule has 4 nitrogen and oxygen atoms in total. The van der Waals surface area contributed by atoms with Crippen molar-refractivity contribution in [3.05, 3.63) is 0 Å². The highest BCUT2D eigenvalue weighted by molar-refractivity contribution is 7.98. The highest BCUT2D eigenvalue weighted by Crippen LogP contribution is 2.23. The minimum Gasteiger partial charge on any atom is -0.394 e. The Morgan fingerprint density at radius 2 is 2.23 bits per heavy atom. The molecule has 0 radical (unpaired) electrons. The molecule has 0 aromatic heterocycles. The Kier molecular flexibility index (Phi) is 4.48. The van der Waals surface area contributed by atoms with Gasteiger partial charge in [-0.05, 0) is 13.2 Å². The van der Waals surface area contributed by atoms with Crippen LogP contribution in [0.4, 0.5) is 0 Å². The quantitative estimate of drug-likeness (QED) is 0.628. The molecule has 1 rings (SSSR count). The lowest BCUT2D eigenvalue weighted by molar-refractivity contribution is -0.0389. The number of aliphatic hydroxyl groups excluding tert-OH is 2. The number of hydrogen-bond donors (Lipinski definition) is 2. The smallest absolute Gasteiger partial charge is 0.115 e. The van der Waals surface area contributed by atoms with Crippen molar-refractivity contribution in [1.82, 2.24) is 0 Å². The monoisotopic (exact) mass is 208 g/mol. The summed E-state index contributed by atoms with van der Waals surface area (Å²) in [6.07, 6.45) is 0.234. The molecule has 1 saturated heterocycles. The van der Waals surface area contributed by atoms with E-state index in [1.807, 2.05) is 6.26 Å². The molecular formula is C8H16O4S. The van der Waals surface area contributed by atoms with E-state index < -0.39 is 18.3 Å². The minimum absolute atomic E-state index is 0.111. The van der Waals surface area contributed by atoms with E-state index in [0.717, 1.165) is 0 Å². The molecule has 0 bridgehead atoms. The largest absolute Gasteiger partial charge is 0.394 e. The number of aliphatic hydroxyl groups is 2. The Morgan fingerprint density at radius 3 is 2.77 bits per heavy atom. The fourth-order valence-electron chi connectivity index (χ4n) is 1.42. The zero-order valence-corrected chi connectivity index (χ0v) is 8.66. The summed E-state index contributed by atoms with van der Waals surface area (Å²) in [7, 11) is 0. The van der Waals surface area contributed by atoms with Crippen LogP contribution in [-0.4, -0.2) is 53.4 Å². The Morgan fingerprint density at radius 1 is 1.54 bits per heavy atom. The van der Waals surface area contributed by atoms with E-state index in [4.69, 9.17) is 14.6 Å². The summed E-state index contributed by atoms with van der Waals surface area (Å²) < 4.78 is 10.7. The molecule has 5 heteroatoms. The van der Waals surface area contributed by atoms with Crippen molar-refractivity contribution in [3.8, 4) is 0 Å². The third kappa shape index (κ3) is 2.57. The first-order valence-electron chi connectivity index (χ1n) is 4.25. The van der Waals surface area contributed by atoms with Gasteiger partial charge in [0, 0.05) is 0 Å². The van der Waals surface area contributed by atoms with Crippen LogP contribution >= 0.6 is 11.8 Å². The molecule has 0 aromatic rings. The molecule has 2 N–H and O–H groups in total. The minimum atomic E-state index is -0.635. The first-order valence-corrected chi connectivity index (χ1v) is 5.65. The molecule has 1 aliphatic rings. The zero-order chi connectivity index (χ0) is 9.84. The van der Waals surface area contributed by atoms with E-state index in [0.29, 0.717) is 5.94 Å². The van der Waals surface area contributed by atoms with Crippen LogP contribution < -0.4 is 0 Å². The molecule has 4 atom stereocenters. The predicted molar refractivity (Wildman–Crippen MR) is 50.7 cm³/mol. The van der Waals surface area contributed by atoms with Gasteiger partial charge in [-0.3, -0.25) is 0 Å². The molecule has 1 aliphatic heterocycles. The maximum atomic E-state index is 9.62. The SMILES string of the molecule is CSCOC1[C@@H](CO)O[C@@H](C)[C@H]1O. The van der Waals surface area contributed by atoms with Gasteiger partial charge in [0.1, 0.15) is 18.3 Å². The summed E-state index contributed by atoms with van der Waals surface area (Å²) in [5.74, 6) is 0.508. The zero-order valence-electron chi connectivity index (χ0n) is 7.84. The average Bonchev–Trinajstić information content (AvgIpc) is 2.40. The highest BCUT2D eigenvalue weighted by Gasteiger charge is 2.41. The molecule has 1 unspecified atom stereocenters. The molecule has 0 aromatic carbocycles. The summed E-state index contributed by atoms with van der Waals surface area (Å²) in [4.78, 5) is 0. The van der Waals surface area contributed by atoms with Crippen molar-refractivity contribution < 1.29 is 19.7 Å². The van der Waals surface area contributed by atoms with E-state index in [1.54, 1.807) is 6.92 Å². The van der Waals surface area contributed by atoms with Crippen LogP contribution in [0.3, 0.4) is 0 Å². The topological polar surface area (TPSA) is 58.9 Å². The van der Waals surface area contributed by atoms with Gasteiger partial charge in [0.2, 0.25) is 0 Å². The third-order valence-corrected chi connectivity index (χ3v) is 2.50. The van der Waals surface area contributed by atoms with Gasteiger partial charge in [0.25, 0.3) is 0 Å². The lowest BCUT2D eigenvalue weighted by Crippen LogP contribution is -2.36. The molecule has 1 heterocycles. The van der Waals surface area contributed by atoms with Crippen LogP contribution in [0, 0.1) is 0 Å². The van der Waals surface area contributed by atoms with Crippen LogP contribution in [0.1, 0.15) is 6.92 Å². The fourth-order valence-corrected chi connectivity index (χ4v) is 1.71. The number of hydrogen-bond acceptors (Lipinski definition) is 5. The molecule has 0 saturated carbocycles. The standard InChI is InChI=1S/C8H16O4S/c1-5-7(10)8(11-4-13-2)6(3-9)12-5/h5-10H,3-4H2,1-2H3/t5-,6+,7+,8?/m0/s1. The van der Waals surface area contributed by atoms with Crippen molar-refractivity contribution >= 4 is 11.8 Å². The highest BCUT2D eigenvalue weighted by atomic mass is 32.2. The van der Waals surface area contributed by atoms with Crippen LogP contribution in [-0.2, 0) is 9.47 Å². The third-order valence-electron chi connectivity index (χ3n) is 2.13. The fraction of sp³-hybridized carbons (Fsp3) is 1.00. The molecule has 0 aliphatic carbocycles. The van der Waals surface area contributed by atoms with E-state index >= 15 is 0 Å². The van der Waals surface area contributed by atoms with Gasteiger partial charge in [0.15, 0.2) is 0 Å². The molecule has 0 amide bonds. The average molecular weight is 208 g/mol. The van der Waals surface area contributed by atoms with Crippen LogP contribution in [0.25, 0.3) is 0 Å². The summed E-state index contributed by atoms with van der Waals surface area (Å²) in [6, 6.07) is 0. The van der Waals surface area contributed by atoms with Gasteiger partial charge in [-0.25, -0.2) is 0 Å². The van der Waals surface area contributed by atoms with Crippen LogP contribution in [0.5, 0.6) is 0 Å². The van der Waals surface area contributed by atoms with Crippen molar-refractivity contribution in [2.75, 3.05) is 18.8 Å². The summed E-state index contributed by atoms with van der Waals surface area (Å²) in [6.45, 7) is 1.66. The Balaban J connectivity index is 2.47. The Labute approximate surface area is 82.2 Å². The van der Waals surface area contributed by atoms with E-state index in [9.17, 15) is 5.11 Å². The first kappa shape index (κ1) is 11.3. The Bertz CT molecular complexity index is 155. The van der Waals surface area contributed by atoms with Crippen molar-refractivity contribution in [1.29, 1.82) is 0 Å². The molecule has 1 fully saturated rings.